The van der Waals surface area contributed by atoms with Crippen LogP contribution in [0.25, 0.3) is 6.08 Å². The van der Waals surface area contributed by atoms with Crippen molar-refractivity contribution in [1.82, 2.24) is 0 Å². The summed E-state index contributed by atoms with van der Waals surface area (Å²) in [4.78, 5) is 26.3. The molecule has 0 atom stereocenters. The van der Waals surface area contributed by atoms with Crippen molar-refractivity contribution in [2.75, 3.05) is 11.5 Å². The maximum atomic E-state index is 13.0. The molecular weight excluding hydrogens is 373 g/mol. The van der Waals surface area contributed by atoms with Crippen LogP contribution in [0, 0.1) is 5.82 Å². The highest BCUT2D eigenvalue weighted by Crippen LogP contribution is 2.36. The third-order valence-electron chi connectivity index (χ3n) is 3.60. The second-order valence-electron chi connectivity index (χ2n) is 5.34. The van der Waals surface area contributed by atoms with Gasteiger partial charge in [-0.25, -0.2) is 9.18 Å². The van der Waals surface area contributed by atoms with E-state index in [-0.39, 0.29) is 11.7 Å². The van der Waals surface area contributed by atoms with E-state index >= 15 is 0 Å². The SMILES string of the molecule is CCOC(=O)c1ccc(N2C(=O)/C(=C/c3ccc(F)cc3)SC2=S)cc1. The highest BCUT2D eigenvalue weighted by atomic mass is 32.2. The summed E-state index contributed by atoms with van der Waals surface area (Å²) in [6, 6.07) is 12.3. The number of thiocarbonyl (C=S) groups is 1. The number of esters is 1. The number of nitrogens with zero attached hydrogens (tertiary/aromatic N) is 1. The highest BCUT2D eigenvalue weighted by molar-refractivity contribution is 8.27. The topological polar surface area (TPSA) is 46.6 Å². The monoisotopic (exact) mass is 387 g/mol. The molecular formula is C19H14FNO3S2. The predicted molar refractivity (Wildman–Crippen MR) is 104 cm³/mol. The lowest BCUT2D eigenvalue weighted by Gasteiger charge is -2.14. The fourth-order valence-corrected chi connectivity index (χ4v) is 3.66. The molecule has 0 aromatic heterocycles. The van der Waals surface area contributed by atoms with E-state index in [0.717, 1.165) is 0 Å². The molecule has 0 bridgehead atoms. The molecule has 0 saturated carbocycles. The normalized spacial score (nSPS) is 15.6. The summed E-state index contributed by atoms with van der Waals surface area (Å²) in [5.41, 5.74) is 1.69. The molecule has 1 amide bonds. The van der Waals surface area contributed by atoms with Crippen molar-refractivity contribution >= 4 is 51.9 Å². The van der Waals surface area contributed by atoms with Crippen molar-refractivity contribution in [3.05, 3.63) is 70.4 Å². The van der Waals surface area contributed by atoms with E-state index in [1.807, 2.05) is 0 Å². The van der Waals surface area contributed by atoms with E-state index in [9.17, 15) is 14.0 Å². The lowest BCUT2D eigenvalue weighted by molar-refractivity contribution is -0.113. The van der Waals surface area contributed by atoms with E-state index < -0.39 is 5.97 Å². The van der Waals surface area contributed by atoms with Gasteiger partial charge in [0.15, 0.2) is 4.32 Å². The molecule has 0 unspecified atom stereocenters. The summed E-state index contributed by atoms with van der Waals surface area (Å²) in [7, 11) is 0. The molecule has 0 N–H and O–H groups in total. The van der Waals surface area contributed by atoms with Crippen LogP contribution in [0.3, 0.4) is 0 Å². The van der Waals surface area contributed by atoms with E-state index in [0.29, 0.717) is 32.6 Å². The first kappa shape index (κ1) is 18.3. The smallest absolute Gasteiger partial charge is 0.338 e. The number of carbonyl (C=O) groups is 2. The summed E-state index contributed by atoms with van der Waals surface area (Å²) in [5, 5.41) is 0. The van der Waals surface area contributed by atoms with Gasteiger partial charge in [-0.15, -0.1) is 0 Å². The van der Waals surface area contributed by atoms with Gasteiger partial charge in [0.2, 0.25) is 0 Å². The molecule has 26 heavy (non-hydrogen) atoms. The molecule has 1 fully saturated rings. The maximum absolute atomic E-state index is 13.0. The number of anilines is 1. The number of benzene rings is 2. The molecule has 1 saturated heterocycles. The molecule has 0 aliphatic carbocycles. The molecule has 4 nitrogen and oxygen atoms in total. The van der Waals surface area contributed by atoms with Crippen molar-refractivity contribution < 1.29 is 18.7 Å². The van der Waals surface area contributed by atoms with Gasteiger partial charge < -0.3 is 4.74 Å². The second kappa shape index (κ2) is 7.80. The maximum Gasteiger partial charge on any atom is 0.338 e. The molecule has 1 aliphatic rings. The van der Waals surface area contributed by atoms with Crippen molar-refractivity contribution in [2.45, 2.75) is 6.92 Å². The first-order valence-electron chi connectivity index (χ1n) is 7.80. The fourth-order valence-electron chi connectivity index (χ4n) is 2.36. The molecule has 0 radical (unpaired) electrons. The standard InChI is InChI=1S/C19H14FNO3S2/c1-2-24-18(23)13-5-9-15(10-6-13)21-17(22)16(26-19(21)25)11-12-3-7-14(20)8-4-12/h3-11H,2H2,1H3/b16-11-. The van der Waals surface area contributed by atoms with E-state index in [1.165, 1.54) is 28.8 Å². The Labute approximate surface area is 159 Å². The summed E-state index contributed by atoms with van der Waals surface area (Å²) in [5.74, 6) is -1.01. The minimum atomic E-state index is -0.416. The summed E-state index contributed by atoms with van der Waals surface area (Å²) < 4.78 is 18.3. The summed E-state index contributed by atoms with van der Waals surface area (Å²) in [6.07, 6.45) is 1.67. The fraction of sp³-hybridized carbons (Fsp3) is 0.105. The number of thioether (sulfide) groups is 1. The first-order valence-corrected chi connectivity index (χ1v) is 9.03. The zero-order valence-electron chi connectivity index (χ0n) is 13.8. The van der Waals surface area contributed by atoms with Crippen LogP contribution in [-0.4, -0.2) is 22.8 Å². The predicted octanol–water partition coefficient (Wildman–Crippen LogP) is 4.41. The van der Waals surface area contributed by atoms with E-state index in [2.05, 4.69) is 0 Å². The van der Waals surface area contributed by atoms with Gasteiger partial charge in [0.05, 0.1) is 22.8 Å². The zero-order chi connectivity index (χ0) is 18.7. The number of halogens is 1. The van der Waals surface area contributed by atoms with Crippen LogP contribution in [0.4, 0.5) is 10.1 Å². The van der Waals surface area contributed by atoms with Crippen LogP contribution in [0.5, 0.6) is 0 Å². The Kier molecular flexibility index (Phi) is 5.49. The average Bonchev–Trinajstić information content (AvgIpc) is 2.91. The Morgan fingerprint density at radius 1 is 1.19 bits per heavy atom. The average molecular weight is 387 g/mol. The zero-order valence-corrected chi connectivity index (χ0v) is 15.4. The van der Waals surface area contributed by atoms with Crippen molar-refractivity contribution in [1.29, 1.82) is 0 Å². The number of ether oxygens (including phenoxy) is 1. The van der Waals surface area contributed by atoms with Gasteiger partial charge in [-0.3, -0.25) is 9.69 Å². The minimum absolute atomic E-state index is 0.256. The Balaban J connectivity index is 1.83. The van der Waals surface area contributed by atoms with Crippen LogP contribution in [0.15, 0.2) is 53.4 Å². The molecule has 0 spiro atoms. The molecule has 132 valence electrons. The molecule has 1 heterocycles. The molecule has 2 aromatic carbocycles. The van der Waals surface area contributed by atoms with Crippen LogP contribution in [0.1, 0.15) is 22.8 Å². The van der Waals surface area contributed by atoms with Gasteiger partial charge in [0, 0.05) is 0 Å². The number of hydrogen-bond donors (Lipinski definition) is 0. The second-order valence-corrected chi connectivity index (χ2v) is 7.01. The van der Waals surface area contributed by atoms with Crippen LogP contribution in [0.2, 0.25) is 0 Å². The van der Waals surface area contributed by atoms with Gasteiger partial charge in [0.1, 0.15) is 5.82 Å². The third-order valence-corrected chi connectivity index (χ3v) is 4.90. The van der Waals surface area contributed by atoms with Gasteiger partial charge >= 0.3 is 5.97 Å². The van der Waals surface area contributed by atoms with Crippen molar-refractivity contribution in [2.24, 2.45) is 0 Å². The number of amides is 1. The highest BCUT2D eigenvalue weighted by Gasteiger charge is 2.33. The van der Waals surface area contributed by atoms with Gasteiger partial charge in [-0.05, 0) is 55.0 Å². The summed E-state index contributed by atoms with van der Waals surface area (Å²) in [6.45, 7) is 2.03. The van der Waals surface area contributed by atoms with Crippen molar-refractivity contribution in [3.8, 4) is 0 Å². The van der Waals surface area contributed by atoms with Gasteiger partial charge in [-0.2, -0.15) is 0 Å². The Morgan fingerprint density at radius 3 is 2.46 bits per heavy atom. The van der Waals surface area contributed by atoms with Crippen LogP contribution in [-0.2, 0) is 9.53 Å². The Morgan fingerprint density at radius 2 is 1.85 bits per heavy atom. The van der Waals surface area contributed by atoms with E-state index in [1.54, 1.807) is 49.4 Å². The number of hydrogen-bond acceptors (Lipinski definition) is 5. The largest absolute Gasteiger partial charge is 0.462 e. The minimum Gasteiger partial charge on any atom is -0.462 e. The number of rotatable bonds is 4. The van der Waals surface area contributed by atoms with Gasteiger partial charge in [0.25, 0.3) is 5.91 Å². The number of carbonyl (C=O) groups excluding carboxylic acids is 2. The molecule has 3 rings (SSSR count). The summed E-state index contributed by atoms with van der Waals surface area (Å²) >= 11 is 6.49. The Bertz CT molecular complexity index is 892. The van der Waals surface area contributed by atoms with Crippen LogP contribution < -0.4 is 4.90 Å². The quantitative estimate of drug-likeness (QED) is 0.442. The Hall–Kier alpha value is -2.51. The lowest BCUT2D eigenvalue weighted by Crippen LogP contribution is -2.27. The third kappa shape index (κ3) is 3.84. The molecule has 7 heteroatoms. The lowest BCUT2D eigenvalue weighted by atomic mass is 10.2. The van der Waals surface area contributed by atoms with E-state index in [4.69, 9.17) is 17.0 Å². The first-order chi connectivity index (χ1) is 12.5. The van der Waals surface area contributed by atoms with Crippen LogP contribution >= 0.6 is 24.0 Å². The van der Waals surface area contributed by atoms with Crippen molar-refractivity contribution in [3.63, 3.8) is 0 Å². The molecule has 1 aliphatic heterocycles. The van der Waals surface area contributed by atoms with Gasteiger partial charge in [-0.1, -0.05) is 36.1 Å². The molecule has 2 aromatic rings.